The molecule has 2 heterocycles. The van der Waals surface area contributed by atoms with Gasteiger partial charge in [0.1, 0.15) is 17.4 Å². The van der Waals surface area contributed by atoms with Gasteiger partial charge in [-0.15, -0.1) is 0 Å². The molecule has 166 valence electrons. The van der Waals surface area contributed by atoms with Crippen molar-refractivity contribution in [2.45, 2.75) is 18.3 Å². The van der Waals surface area contributed by atoms with Crippen LogP contribution < -0.4 is 10.4 Å². The van der Waals surface area contributed by atoms with Crippen molar-refractivity contribution in [1.29, 1.82) is 5.26 Å². The zero-order chi connectivity index (χ0) is 23.4. The first-order valence-corrected chi connectivity index (χ1v) is 8.21. The quantitative estimate of drug-likeness (QED) is 0.695. The third-order valence-electron chi connectivity index (χ3n) is 4.36. The number of alkyl halides is 8. The Morgan fingerprint density at radius 2 is 1.74 bits per heavy atom. The minimum absolute atomic E-state index is 0.191. The summed E-state index contributed by atoms with van der Waals surface area (Å²) in [5.74, 6) is -7.80. The maximum absolute atomic E-state index is 13.8. The van der Waals surface area contributed by atoms with Crippen LogP contribution in [0, 0.1) is 17.1 Å². The summed E-state index contributed by atoms with van der Waals surface area (Å²) in [5, 5.41) is 12.3. The number of benzene rings is 1. The minimum Gasteiger partial charge on any atom is -0.266 e. The second kappa shape index (κ2) is 7.19. The molecule has 0 unspecified atom stereocenters. The number of rotatable bonds is 3. The molecule has 1 aromatic carbocycles. The van der Waals surface area contributed by atoms with E-state index in [1.54, 1.807) is 6.07 Å². The Morgan fingerprint density at radius 1 is 1.10 bits per heavy atom. The van der Waals surface area contributed by atoms with E-state index in [1.165, 1.54) is 6.07 Å². The van der Waals surface area contributed by atoms with Crippen molar-refractivity contribution in [1.82, 2.24) is 15.2 Å². The molecule has 0 spiro atoms. The molecule has 0 radical (unpaired) electrons. The fourth-order valence-corrected chi connectivity index (χ4v) is 2.95. The van der Waals surface area contributed by atoms with Gasteiger partial charge in [0.25, 0.3) is 0 Å². The predicted molar refractivity (Wildman–Crippen MR) is 87.7 cm³/mol. The Bertz CT molecular complexity index is 1090. The molecule has 1 aliphatic heterocycles. The van der Waals surface area contributed by atoms with Gasteiger partial charge >= 0.3 is 18.3 Å². The van der Waals surface area contributed by atoms with Gasteiger partial charge < -0.3 is 0 Å². The highest BCUT2D eigenvalue weighted by atomic mass is 19.4. The Balaban J connectivity index is 2.13. The summed E-state index contributed by atoms with van der Waals surface area (Å²) in [6, 6.07) is 4.88. The van der Waals surface area contributed by atoms with Crippen LogP contribution in [0.2, 0.25) is 0 Å². The van der Waals surface area contributed by atoms with Gasteiger partial charge in [-0.05, 0) is 23.3 Å². The highest BCUT2D eigenvalue weighted by Crippen LogP contribution is 2.50. The van der Waals surface area contributed by atoms with E-state index in [9.17, 15) is 39.5 Å². The molecule has 14 heteroatoms. The smallest absolute Gasteiger partial charge is 0.266 e. The van der Waals surface area contributed by atoms with Crippen molar-refractivity contribution in [2.75, 3.05) is 11.6 Å². The lowest BCUT2D eigenvalue weighted by Crippen LogP contribution is -2.36. The van der Waals surface area contributed by atoms with Crippen molar-refractivity contribution in [3.8, 4) is 6.07 Å². The highest BCUT2D eigenvalue weighted by molar-refractivity contribution is 5.74. The summed E-state index contributed by atoms with van der Waals surface area (Å²) in [6.07, 6.45) is -10.9. The SMILES string of the molecule is Cn1nc(C(F)(F)C(F)(F)F)c(C(F)(F)F)c1N1C=C(c2ccc(F)c(C#N)c2)CN1. The third kappa shape index (κ3) is 3.80. The number of hydrogen-bond acceptors (Lipinski definition) is 4. The second-order valence-corrected chi connectivity index (χ2v) is 6.41. The fraction of sp³-hybridized carbons (Fsp3) is 0.294. The van der Waals surface area contributed by atoms with Crippen LogP contribution in [-0.2, 0) is 19.1 Å². The van der Waals surface area contributed by atoms with E-state index in [2.05, 4.69) is 10.5 Å². The van der Waals surface area contributed by atoms with Gasteiger partial charge in [-0.2, -0.15) is 45.5 Å². The fourth-order valence-electron chi connectivity index (χ4n) is 2.95. The molecule has 1 aliphatic rings. The monoisotopic (exact) mass is 455 g/mol. The predicted octanol–water partition coefficient (Wildman–Crippen LogP) is 4.47. The molecule has 1 N–H and O–H groups in total. The summed E-state index contributed by atoms with van der Waals surface area (Å²) in [7, 11) is 0.778. The number of aryl methyl sites for hydroxylation is 1. The molecule has 3 rings (SSSR count). The molecule has 0 saturated carbocycles. The molecule has 0 fully saturated rings. The van der Waals surface area contributed by atoms with Crippen LogP contribution >= 0.6 is 0 Å². The number of halogens is 9. The van der Waals surface area contributed by atoms with E-state index in [4.69, 9.17) is 5.26 Å². The number of aromatic nitrogens is 2. The zero-order valence-electron chi connectivity index (χ0n) is 15.2. The van der Waals surface area contributed by atoms with Crippen molar-refractivity contribution < 1.29 is 39.5 Å². The molecule has 5 nitrogen and oxygen atoms in total. The Labute approximate surface area is 167 Å². The molecule has 1 aromatic heterocycles. The molecule has 2 aromatic rings. The molecule has 0 amide bonds. The molecule has 0 aliphatic carbocycles. The molecule has 0 saturated heterocycles. The topological polar surface area (TPSA) is 56.9 Å². The summed E-state index contributed by atoms with van der Waals surface area (Å²) in [6.45, 7) is -0.191. The largest absolute Gasteiger partial charge is 0.459 e. The lowest BCUT2D eigenvalue weighted by Gasteiger charge is -2.21. The van der Waals surface area contributed by atoms with Crippen LogP contribution in [0.15, 0.2) is 24.4 Å². The Morgan fingerprint density at radius 3 is 2.29 bits per heavy atom. The summed E-state index contributed by atoms with van der Waals surface area (Å²) >= 11 is 0. The van der Waals surface area contributed by atoms with Gasteiger partial charge in [-0.3, -0.25) is 9.69 Å². The van der Waals surface area contributed by atoms with Crippen LogP contribution in [0.5, 0.6) is 0 Å². The van der Waals surface area contributed by atoms with Gasteiger partial charge in [0, 0.05) is 19.8 Å². The van der Waals surface area contributed by atoms with Crippen LogP contribution in [-0.4, -0.2) is 22.5 Å². The van der Waals surface area contributed by atoms with Crippen LogP contribution in [0.25, 0.3) is 5.57 Å². The number of nitrogens with zero attached hydrogens (tertiary/aromatic N) is 4. The number of nitriles is 1. The van der Waals surface area contributed by atoms with Gasteiger partial charge in [-0.25, -0.2) is 9.82 Å². The van der Waals surface area contributed by atoms with Crippen molar-refractivity contribution in [3.05, 3.63) is 52.6 Å². The average molecular weight is 455 g/mol. The van der Waals surface area contributed by atoms with E-state index in [0.29, 0.717) is 5.01 Å². The van der Waals surface area contributed by atoms with Gasteiger partial charge in [0.2, 0.25) is 0 Å². The van der Waals surface area contributed by atoms with Gasteiger partial charge in [0.15, 0.2) is 11.5 Å². The summed E-state index contributed by atoms with van der Waals surface area (Å²) in [4.78, 5) is 0. The van der Waals surface area contributed by atoms with Crippen LogP contribution in [0.4, 0.5) is 45.3 Å². The van der Waals surface area contributed by atoms with Crippen LogP contribution in [0.3, 0.4) is 0 Å². The Hall–Kier alpha value is -3.21. The number of anilines is 1. The minimum atomic E-state index is -6.31. The maximum Gasteiger partial charge on any atom is 0.459 e. The van der Waals surface area contributed by atoms with E-state index in [-0.39, 0.29) is 27.9 Å². The lowest BCUT2D eigenvalue weighted by atomic mass is 10.0. The maximum atomic E-state index is 13.8. The van der Waals surface area contributed by atoms with E-state index < -0.39 is 41.2 Å². The first-order valence-electron chi connectivity index (χ1n) is 8.21. The van der Waals surface area contributed by atoms with E-state index in [1.807, 2.05) is 0 Å². The number of nitrogens with one attached hydrogen (secondary N) is 1. The second-order valence-electron chi connectivity index (χ2n) is 6.41. The summed E-state index contributed by atoms with van der Waals surface area (Å²) < 4.78 is 120. The van der Waals surface area contributed by atoms with Crippen LogP contribution in [0.1, 0.15) is 22.4 Å². The normalized spacial score (nSPS) is 15.3. The molecular weight excluding hydrogens is 445 g/mol. The molecular formula is C17H10F9N5. The average Bonchev–Trinajstić information content (AvgIpc) is 3.25. The van der Waals surface area contributed by atoms with Crippen molar-refractivity contribution in [3.63, 3.8) is 0 Å². The number of hydrogen-bond donors (Lipinski definition) is 1. The van der Waals surface area contributed by atoms with Gasteiger partial charge in [-0.1, -0.05) is 6.07 Å². The standard InChI is InChI=1S/C17H10F9N5/c1-30-14(12(16(21,22)23)13(29-30)15(19,20)17(24,25)26)31-7-10(6-28-31)8-2-3-11(18)9(4-8)5-27/h2-4,7,28H,6H2,1H3. The van der Waals surface area contributed by atoms with E-state index >= 15 is 0 Å². The van der Waals surface area contributed by atoms with E-state index in [0.717, 1.165) is 25.4 Å². The summed E-state index contributed by atoms with van der Waals surface area (Å²) in [5.41, 5.74) is -2.24. The molecule has 0 bridgehead atoms. The molecule has 0 atom stereocenters. The highest BCUT2D eigenvalue weighted by Gasteiger charge is 2.64. The number of hydrazine groups is 1. The Kier molecular flexibility index (Phi) is 5.21. The van der Waals surface area contributed by atoms with Crippen molar-refractivity contribution >= 4 is 11.4 Å². The first kappa shape index (κ1) is 22.5. The third-order valence-corrected chi connectivity index (χ3v) is 4.36. The van der Waals surface area contributed by atoms with Crippen molar-refractivity contribution in [2.24, 2.45) is 7.05 Å². The molecule has 31 heavy (non-hydrogen) atoms. The van der Waals surface area contributed by atoms with Gasteiger partial charge in [0.05, 0.1) is 5.56 Å². The lowest BCUT2D eigenvalue weighted by molar-refractivity contribution is -0.292. The zero-order valence-corrected chi connectivity index (χ0v) is 15.2. The first-order chi connectivity index (χ1) is 14.2.